The van der Waals surface area contributed by atoms with Crippen molar-refractivity contribution in [3.63, 3.8) is 0 Å². The summed E-state index contributed by atoms with van der Waals surface area (Å²) in [6.45, 7) is 3.38. The molecule has 31 heavy (non-hydrogen) atoms. The molecule has 0 unspecified atom stereocenters. The van der Waals surface area contributed by atoms with Gasteiger partial charge < -0.3 is 5.32 Å². The van der Waals surface area contributed by atoms with Gasteiger partial charge >= 0.3 is 0 Å². The number of nitrogens with zero attached hydrogens (tertiary/aromatic N) is 2. The smallest absolute Gasteiger partial charge is 0.267 e. The Labute approximate surface area is 183 Å². The maximum Gasteiger partial charge on any atom is 0.267 e. The minimum Gasteiger partial charge on any atom is -0.322 e. The molecule has 0 fully saturated rings. The van der Waals surface area contributed by atoms with Gasteiger partial charge in [-0.25, -0.2) is 17.5 Å². The number of benzene rings is 2. The van der Waals surface area contributed by atoms with Gasteiger partial charge in [-0.15, -0.1) is 0 Å². The van der Waals surface area contributed by atoms with Crippen LogP contribution in [-0.4, -0.2) is 24.1 Å². The Kier molecular flexibility index (Phi) is 6.56. The van der Waals surface area contributed by atoms with Crippen molar-refractivity contribution in [1.82, 2.24) is 9.78 Å². The van der Waals surface area contributed by atoms with Crippen molar-refractivity contribution in [3.8, 4) is 0 Å². The first kappa shape index (κ1) is 22.6. The summed E-state index contributed by atoms with van der Waals surface area (Å²) in [5.74, 6) is -1.27. The van der Waals surface area contributed by atoms with Crippen LogP contribution in [0.5, 0.6) is 0 Å². The van der Waals surface area contributed by atoms with E-state index >= 15 is 0 Å². The second-order valence-electron chi connectivity index (χ2n) is 7.07. The normalized spacial score (nSPS) is 11.5. The summed E-state index contributed by atoms with van der Waals surface area (Å²) in [5.41, 5.74) is 0.167. The number of anilines is 1. The van der Waals surface area contributed by atoms with Gasteiger partial charge in [0.2, 0.25) is 15.7 Å². The highest BCUT2D eigenvalue weighted by atomic mass is 35.5. The third-order valence-corrected chi connectivity index (χ3v) is 6.37. The maximum absolute atomic E-state index is 13.9. The fraction of sp³-hybridized carbons (Fsp3) is 0.190. The van der Waals surface area contributed by atoms with Crippen LogP contribution in [0.15, 0.2) is 69.3 Å². The van der Waals surface area contributed by atoms with Gasteiger partial charge in [0.05, 0.1) is 10.6 Å². The number of carbonyl (C=O) groups excluding carboxylic acids is 1. The van der Waals surface area contributed by atoms with Crippen LogP contribution < -0.4 is 10.9 Å². The lowest BCUT2D eigenvalue weighted by molar-refractivity contribution is -0.117. The number of halogens is 2. The molecule has 1 amide bonds. The summed E-state index contributed by atoms with van der Waals surface area (Å²) in [5, 5.41) is 5.91. The number of hydrogen-bond donors (Lipinski definition) is 1. The summed E-state index contributed by atoms with van der Waals surface area (Å²) in [6, 6.07) is 12.1. The van der Waals surface area contributed by atoms with Crippen molar-refractivity contribution < 1.29 is 17.6 Å². The lowest BCUT2D eigenvalue weighted by atomic mass is 10.0. The summed E-state index contributed by atoms with van der Waals surface area (Å²) < 4.78 is 40.3. The van der Waals surface area contributed by atoms with Crippen LogP contribution in [0.2, 0.25) is 5.02 Å². The lowest BCUT2D eigenvalue weighted by Crippen LogP contribution is -2.30. The predicted molar refractivity (Wildman–Crippen MR) is 115 cm³/mol. The van der Waals surface area contributed by atoms with Crippen molar-refractivity contribution in [2.45, 2.75) is 36.2 Å². The van der Waals surface area contributed by atoms with E-state index < -0.39 is 33.7 Å². The zero-order valence-electron chi connectivity index (χ0n) is 16.7. The predicted octanol–water partition coefficient (Wildman–Crippen LogP) is 3.63. The zero-order valence-corrected chi connectivity index (χ0v) is 18.2. The summed E-state index contributed by atoms with van der Waals surface area (Å²) >= 11 is 5.67. The fourth-order valence-corrected chi connectivity index (χ4v) is 4.10. The van der Waals surface area contributed by atoms with Crippen LogP contribution >= 0.6 is 11.6 Å². The lowest BCUT2D eigenvalue weighted by Gasteiger charge is -2.10. The molecule has 0 aliphatic carbocycles. The third kappa shape index (κ3) is 5.18. The number of aromatic nitrogens is 2. The number of carbonyl (C=O) groups is 1. The standard InChI is InChI=1S/C21H19ClFN3O4S/c1-13(2)14-3-6-16(7-4-14)31(29,30)20-9-10-21(28)26(25-20)12-19(27)24-18-8-5-15(22)11-17(18)23/h3-11,13H,12H2,1-2H3,(H,24,27). The van der Waals surface area contributed by atoms with E-state index in [1.807, 2.05) is 13.8 Å². The van der Waals surface area contributed by atoms with Crippen molar-refractivity contribution in [3.05, 3.63) is 81.4 Å². The highest BCUT2D eigenvalue weighted by molar-refractivity contribution is 7.91. The van der Waals surface area contributed by atoms with Gasteiger partial charge in [0.1, 0.15) is 12.4 Å². The molecule has 2 aromatic carbocycles. The first-order valence-electron chi connectivity index (χ1n) is 9.26. The Hall–Kier alpha value is -3.04. The fourth-order valence-electron chi connectivity index (χ4n) is 2.76. The average molecular weight is 464 g/mol. The number of nitrogens with one attached hydrogen (secondary N) is 1. The molecule has 1 N–H and O–H groups in total. The Morgan fingerprint density at radius 2 is 1.81 bits per heavy atom. The molecule has 1 aromatic heterocycles. The van der Waals surface area contributed by atoms with Crippen molar-refractivity contribution >= 4 is 33.0 Å². The van der Waals surface area contributed by atoms with E-state index in [1.165, 1.54) is 24.3 Å². The largest absolute Gasteiger partial charge is 0.322 e. The van der Waals surface area contributed by atoms with Crippen molar-refractivity contribution in [2.24, 2.45) is 0 Å². The quantitative estimate of drug-likeness (QED) is 0.602. The van der Waals surface area contributed by atoms with Crippen molar-refractivity contribution in [1.29, 1.82) is 0 Å². The summed E-state index contributed by atoms with van der Waals surface area (Å²) in [4.78, 5) is 24.3. The Morgan fingerprint density at radius 3 is 2.42 bits per heavy atom. The van der Waals surface area contributed by atoms with Gasteiger partial charge in [-0.05, 0) is 47.9 Å². The number of amides is 1. The molecule has 7 nitrogen and oxygen atoms in total. The van der Waals surface area contributed by atoms with E-state index in [1.54, 1.807) is 12.1 Å². The van der Waals surface area contributed by atoms with Crippen LogP contribution in [0.1, 0.15) is 25.3 Å². The van der Waals surface area contributed by atoms with Crippen LogP contribution in [0.4, 0.5) is 10.1 Å². The van der Waals surface area contributed by atoms with E-state index in [2.05, 4.69) is 10.4 Å². The van der Waals surface area contributed by atoms with Gasteiger partial charge in [0, 0.05) is 11.1 Å². The molecule has 3 rings (SSSR count). The van der Waals surface area contributed by atoms with E-state index in [0.717, 1.165) is 23.8 Å². The van der Waals surface area contributed by atoms with Crippen molar-refractivity contribution in [2.75, 3.05) is 5.32 Å². The monoisotopic (exact) mass is 463 g/mol. The highest BCUT2D eigenvalue weighted by Crippen LogP contribution is 2.22. The van der Waals surface area contributed by atoms with E-state index in [4.69, 9.17) is 11.6 Å². The molecule has 10 heteroatoms. The molecule has 0 saturated carbocycles. The van der Waals surface area contributed by atoms with Gasteiger partial charge in [-0.1, -0.05) is 37.6 Å². The van der Waals surface area contributed by atoms with E-state index in [-0.39, 0.29) is 26.5 Å². The summed E-state index contributed by atoms with van der Waals surface area (Å²) in [6.07, 6.45) is 0. The Bertz CT molecular complexity index is 1290. The second-order valence-corrected chi connectivity index (χ2v) is 9.40. The minimum atomic E-state index is -4.00. The number of hydrogen-bond acceptors (Lipinski definition) is 5. The number of sulfone groups is 1. The zero-order chi connectivity index (χ0) is 22.8. The first-order chi connectivity index (χ1) is 14.6. The van der Waals surface area contributed by atoms with E-state index in [9.17, 15) is 22.4 Å². The molecule has 0 aliphatic heterocycles. The van der Waals surface area contributed by atoms with Gasteiger partial charge in [-0.3, -0.25) is 9.59 Å². The second kappa shape index (κ2) is 8.99. The molecule has 0 bridgehead atoms. The molecular weight excluding hydrogens is 445 g/mol. The molecular formula is C21H19ClFN3O4S. The minimum absolute atomic E-state index is 0.0160. The maximum atomic E-state index is 13.9. The Morgan fingerprint density at radius 1 is 1.13 bits per heavy atom. The molecule has 3 aromatic rings. The average Bonchev–Trinajstić information content (AvgIpc) is 2.71. The van der Waals surface area contributed by atoms with Crippen LogP contribution in [0.3, 0.4) is 0 Å². The molecule has 0 spiro atoms. The summed E-state index contributed by atoms with van der Waals surface area (Å²) in [7, 11) is -4.00. The molecule has 162 valence electrons. The van der Waals surface area contributed by atoms with Gasteiger partial charge in [0.25, 0.3) is 5.56 Å². The first-order valence-corrected chi connectivity index (χ1v) is 11.1. The topological polar surface area (TPSA) is 98.1 Å². The molecule has 0 radical (unpaired) electrons. The van der Waals surface area contributed by atoms with Crippen LogP contribution in [0.25, 0.3) is 0 Å². The number of rotatable bonds is 6. The van der Waals surface area contributed by atoms with Gasteiger partial charge in [0.15, 0.2) is 5.03 Å². The highest BCUT2D eigenvalue weighted by Gasteiger charge is 2.21. The Balaban J connectivity index is 1.85. The molecule has 0 saturated heterocycles. The van der Waals surface area contributed by atoms with Gasteiger partial charge in [-0.2, -0.15) is 5.10 Å². The molecule has 0 aliphatic rings. The molecule has 1 heterocycles. The van der Waals surface area contributed by atoms with Crippen LogP contribution in [0, 0.1) is 5.82 Å². The van der Waals surface area contributed by atoms with Crippen LogP contribution in [-0.2, 0) is 21.2 Å². The SMILES string of the molecule is CC(C)c1ccc(S(=O)(=O)c2ccc(=O)n(CC(=O)Nc3ccc(Cl)cc3F)n2)cc1. The molecule has 0 atom stereocenters. The third-order valence-electron chi connectivity index (χ3n) is 4.47. The van der Waals surface area contributed by atoms with E-state index in [0.29, 0.717) is 4.68 Å².